The summed E-state index contributed by atoms with van der Waals surface area (Å²) in [5, 5.41) is 4.20. The van der Waals surface area contributed by atoms with Gasteiger partial charge >= 0.3 is 5.97 Å². The average Bonchev–Trinajstić information content (AvgIpc) is 3.22. The smallest absolute Gasteiger partial charge is 0.331 e. The topological polar surface area (TPSA) is 78.9 Å². The number of halogens is 1. The predicted octanol–water partition coefficient (Wildman–Crippen LogP) is 8.70. The van der Waals surface area contributed by atoms with Crippen LogP contribution in [0.3, 0.4) is 0 Å². The molecule has 1 spiro atoms. The summed E-state index contributed by atoms with van der Waals surface area (Å²) in [6.07, 6.45) is 10.3. The van der Waals surface area contributed by atoms with Gasteiger partial charge in [0.15, 0.2) is 11.5 Å². The molecule has 0 saturated heterocycles. The van der Waals surface area contributed by atoms with Crippen molar-refractivity contribution >= 4 is 23.3 Å². The van der Waals surface area contributed by atoms with Crippen molar-refractivity contribution in [2.45, 2.75) is 95.4 Å². The highest BCUT2D eigenvalue weighted by Gasteiger charge is 2.55. The molecule has 4 aliphatic rings. The van der Waals surface area contributed by atoms with Crippen LogP contribution in [0.5, 0.6) is 17.2 Å². The molecule has 4 atom stereocenters. The molecular weight excluding hydrogens is 624 g/mol. The Kier molecular flexibility index (Phi) is 9.27. The van der Waals surface area contributed by atoms with Crippen LogP contribution in [0.15, 0.2) is 48.7 Å². The van der Waals surface area contributed by atoms with Gasteiger partial charge in [-0.2, -0.15) is 0 Å². The summed E-state index contributed by atoms with van der Waals surface area (Å²) < 4.78 is 24.6. The van der Waals surface area contributed by atoms with Crippen molar-refractivity contribution in [1.82, 2.24) is 4.98 Å². The van der Waals surface area contributed by atoms with Gasteiger partial charge in [-0.05, 0) is 128 Å². The number of hydrogen-bond donors (Lipinski definition) is 1. The van der Waals surface area contributed by atoms with Crippen LogP contribution >= 0.6 is 11.6 Å². The number of rotatable bonds is 8. The molecule has 0 amide bonds. The van der Waals surface area contributed by atoms with Gasteiger partial charge in [-0.3, -0.25) is 4.98 Å². The molecule has 0 radical (unpaired) electrons. The van der Waals surface area contributed by atoms with E-state index in [2.05, 4.69) is 49.3 Å². The van der Waals surface area contributed by atoms with E-state index in [1.165, 1.54) is 42.3 Å². The molecule has 1 unspecified atom stereocenters. The van der Waals surface area contributed by atoms with Gasteiger partial charge in [-0.25, -0.2) is 4.79 Å². The molecule has 7 rings (SSSR count). The van der Waals surface area contributed by atoms with E-state index in [9.17, 15) is 4.79 Å². The van der Waals surface area contributed by atoms with Crippen molar-refractivity contribution in [2.24, 2.45) is 17.8 Å². The third-order valence-corrected chi connectivity index (χ3v) is 11.8. The van der Waals surface area contributed by atoms with Gasteiger partial charge in [-0.15, -0.1) is 0 Å². The minimum Gasteiger partial charge on any atom is -0.493 e. The Hall–Kier alpha value is -3.45. The standard InChI is InChI=1S/C40H49ClN2O5/c1-25(22-46-34-11-16-42-33-10-5-7-27(3)37(33)34)17-29-18-28-19-35-36(48-24-26(2)23-47-35)21-32(28)39(29)12-14-40(15-13-39,38(44)45-4)43-31-9-6-8-30(41)20-31/h6,8-9,11,16,19-21,25-27,29,43H,5,7,10,12-15,17-18,22-24H2,1-4H3/t25-,26?,27-,29+,39?,40?/m1/s1. The zero-order valence-corrected chi connectivity index (χ0v) is 29.5. The van der Waals surface area contributed by atoms with Crippen LogP contribution in [-0.4, -0.2) is 43.4 Å². The lowest BCUT2D eigenvalue weighted by Gasteiger charge is -2.47. The van der Waals surface area contributed by atoms with E-state index in [1.807, 2.05) is 30.5 Å². The zero-order valence-electron chi connectivity index (χ0n) is 28.8. The predicted molar refractivity (Wildman–Crippen MR) is 189 cm³/mol. The molecule has 256 valence electrons. The van der Waals surface area contributed by atoms with Crippen molar-refractivity contribution in [3.05, 3.63) is 76.1 Å². The van der Waals surface area contributed by atoms with Gasteiger partial charge in [-0.1, -0.05) is 38.4 Å². The van der Waals surface area contributed by atoms with Gasteiger partial charge in [0, 0.05) is 34.1 Å². The highest BCUT2D eigenvalue weighted by atomic mass is 35.5. The molecule has 0 bridgehead atoms. The molecule has 8 heteroatoms. The Morgan fingerprint density at radius 1 is 1.08 bits per heavy atom. The normalized spacial score (nSPS) is 28.1. The van der Waals surface area contributed by atoms with Crippen LogP contribution in [-0.2, 0) is 27.8 Å². The second kappa shape index (κ2) is 13.5. The lowest BCUT2D eigenvalue weighted by atomic mass is 9.59. The van der Waals surface area contributed by atoms with E-state index in [4.69, 9.17) is 30.5 Å². The summed E-state index contributed by atoms with van der Waals surface area (Å²) in [6.45, 7) is 8.73. The molecular formula is C40H49ClN2O5. The van der Waals surface area contributed by atoms with Crippen LogP contribution in [0.4, 0.5) is 5.69 Å². The third kappa shape index (κ3) is 6.23. The van der Waals surface area contributed by atoms with Gasteiger partial charge in [0.25, 0.3) is 0 Å². The molecule has 3 aromatic rings. The van der Waals surface area contributed by atoms with E-state index in [0.29, 0.717) is 61.4 Å². The van der Waals surface area contributed by atoms with Gasteiger partial charge < -0.3 is 24.3 Å². The first-order valence-corrected chi connectivity index (χ1v) is 18.2. The molecule has 1 aromatic heterocycles. The second-order valence-electron chi connectivity index (χ2n) is 15.1. The molecule has 2 aromatic carbocycles. The van der Waals surface area contributed by atoms with Crippen molar-refractivity contribution in [2.75, 3.05) is 32.2 Å². The largest absolute Gasteiger partial charge is 0.493 e. The van der Waals surface area contributed by atoms with Crippen molar-refractivity contribution in [3.8, 4) is 17.2 Å². The molecule has 2 heterocycles. The SMILES string of the molecule is COC(=O)C1(Nc2cccc(Cl)c2)CCC2(CC1)c1cc3c(cc1C[C@@H]2C[C@@H](C)COc1ccnc2c1[C@H](C)CCC2)OCC(C)CO3. The minimum atomic E-state index is -0.829. The van der Waals surface area contributed by atoms with E-state index >= 15 is 0 Å². The Labute approximate surface area is 290 Å². The number of benzene rings is 2. The zero-order chi connectivity index (χ0) is 33.5. The van der Waals surface area contributed by atoms with Crippen LogP contribution < -0.4 is 19.5 Å². The van der Waals surface area contributed by atoms with Crippen molar-refractivity contribution in [1.29, 1.82) is 0 Å². The monoisotopic (exact) mass is 672 g/mol. The molecule has 1 fully saturated rings. The number of anilines is 1. The van der Waals surface area contributed by atoms with Crippen LogP contribution in [0.1, 0.15) is 94.0 Å². The Bertz CT molecular complexity index is 1650. The van der Waals surface area contributed by atoms with Gasteiger partial charge in [0.1, 0.15) is 11.3 Å². The fourth-order valence-electron chi connectivity index (χ4n) is 9.04. The number of pyridine rings is 1. The maximum absolute atomic E-state index is 13.5. The van der Waals surface area contributed by atoms with Crippen LogP contribution in [0, 0.1) is 17.8 Å². The first-order chi connectivity index (χ1) is 23.2. The molecule has 1 saturated carbocycles. The summed E-state index contributed by atoms with van der Waals surface area (Å²) >= 11 is 6.34. The number of hydrogen-bond acceptors (Lipinski definition) is 7. The number of aromatic nitrogens is 1. The minimum absolute atomic E-state index is 0.0994. The molecule has 3 aliphatic carbocycles. The second-order valence-corrected chi connectivity index (χ2v) is 15.5. The van der Waals surface area contributed by atoms with E-state index in [1.54, 1.807) is 0 Å². The number of nitrogens with zero attached hydrogens (tertiary/aromatic N) is 1. The number of methoxy groups -OCH3 is 1. The number of carbonyl (C=O) groups excluding carboxylic acids is 1. The Morgan fingerprint density at radius 3 is 2.60 bits per heavy atom. The maximum Gasteiger partial charge on any atom is 0.331 e. The number of nitrogens with one attached hydrogen (secondary N) is 1. The lowest BCUT2D eigenvalue weighted by Crippen LogP contribution is -2.53. The highest BCUT2D eigenvalue weighted by Crippen LogP contribution is 2.58. The van der Waals surface area contributed by atoms with E-state index in [0.717, 1.165) is 55.0 Å². The maximum atomic E-state index is 13.5. The lowest BCUT2D eigenvalue weighted by molar-refractivity contribution is -0.148. The van der Waals surface area contributed by atoms with Crippen LogP contribution in [0.2, 0.25) is 5.02 Å². The molecule has 1 N–H and O–H groups in total. The van der Waals surface area contributed by atoms with Crippen molar-refractivity contribution in [3.63, 3.8) is 0 Å². The van der Waals surface area contributed by atoms with Crippen molar-refractivity contribution < 1.29 is 23.7 Å². The number of carbonyl (C=O) groups is 1. The third-order valence-electron chi connectivity index (χ3n) is 11.6. The quantitative estimate of drug-likeness (QED) is 0.240. The summed E-state index contributed by atoms with van der Waals surface area (Å²) in [7, 11) is 1.48. The first kappa shape index (κ1) is 33.1. The Morgan fingerprint density at radius 2 is 1.85 bits per heavy atom. The molecule has 7 nitrogen and oxygen atoms in total. The summed E-state index contributed by atoms with van der Waals surface area (Å²) in [6, 6.07) is 14.1. The number of aryl methyl sites for hydroxylation is 1. The average molecular weight is 673 g/mol. The van der Waals surface area contributed by atoms with Gasteiger partial charge in [0.05, 0.1) is 26.9 Å². The number of fused-ring (bicyclic) bond motifs is 4. The molecule has 48 heavy (non-hydrogen) atoms. The number of ether oxygens (including phenoxy) is 4. The fraction of sp³-hybridized carbons (Fsp3) is 0.550. The van der Waals surface area contributed by atoms with Gasteiger partial charge in [0.2, 0.25) is 0 Å². The number of esters is 1. The molecule has 1 aliphatic heterocycles. The first-order valence-electron chi connectivity index (χ1n) is 17.9. The summed E-state index contributed by atoms with van der Waals surface area (Å²) in [5.41, 5.74) is 5.10. The van der Waals surface area contributed by atoms with E-state index in [-0.39, 0.29) is 11.4 Å². The fourth-order valence-corrected chi connectivity index (χ4v) is 9.23. The van der Waals surface area contributed by atoms with E-state index < -0.39 is 5.54 Å². The Balaban J connectivity index is 1.16. The van der Waals surface area contributed by atoms with Crippen LogP contribution in [0.25, 0.3) is 0 Å². The summed E-state index contributed by atoms with van der Waals surface area (Å²) in [5.74, 6) is 4.00. The highest BCUT2D eigenvalue weighted by molar-refractivity contribution is 6.30. The summed E-state index contributed by atoms with van der Waals surface area (Å²) in [4.78, 5) is 18.2.